The monoisotopic (exact) mass is 252 g/mol. The predicted octanol–water partition coefficient (Wildman–Crippen LogP) is 3.30. The topological polar surface area (TPSA) is 15.3 Å². The van der Waals surface area contributed by atoms with Crippen LogP contribution in [0.4, 0.5) is 0 Å². The molecule has 3 unspecified atom stereocenters. The van der Waals surface area contributed by atoms with Crippen LogP contribution in [0.2, 0.25) is 0 Å². The number of rotatable bonds is 7. The second-order valence-electron chi connectivity index (χ2n) is 6.24. The van der Waals surface area contributed by atoms with Gasteiger partial charge in [0.2, 0.25) is 0 Å². The van der Waals surface area contributed by atoms with E-state index in [-0.39, 0.29) is 0 Å². The van der Waals surface area contributed by atoms with Crippen molar-refractivity contribution in [3.63, 3.8) is 0 Å². The van der Waals surface area contributed by atoms with E-state index in [1.165, 1.54) is 25.8 Å². The SMILES string of the molecule is CCC(C)N(C)CCNCC1CC(C)=CC(C)C1. The molecular formula is C16H32N2. The van der Waals surface area contributed by atoms with Crippen LogP contribution >= 0.6 is 0 Å². The van der Waals surface area contributed by atoms with Gasteiger partial charge in [0.25, 0.3) is 0 Å². The Morgan fingerprint density at radius 3 is 2.83 bits per heavy atom. The highest BCUT2D eigenvalue weighted by atomic mass is 15.1. The Morgan fingerprint density at radius 2 is 2.22 bits per heavy atom. The van der Waals surface area contributed by atoms with Gasteiger partial charge in [-0.1, -0.05) is 25.5 Å². The molecule has 0 saturated carbocycles. The van der Waals surface area contributed by atoms with Crippen molar-refractivity contribution in [1.29, 1.82) is 0 Å². The van der Waals surface area contributed by atoms with Crippen LogP contribution in [-0.2, 0) is 0 Å². The molecule has 0 aromatic rings. The minimum absolute atomic E-state index is 0.701. The van der Waals surface area contributed by atoms with E-state index in [1.54, 1.807) is 5.57 Å². The van der Waals surface area contributed by atoms with Crippen LogP contribution in [0, 0.1) is 11.8 Å². The van der Waals surface area contributed by atoms with Crippen molar-refractivity contribution < 1.29 is 0 Å². The van der Waals surface area contributed by atoms with Crippen molar-refractivity contribution in [1.82, 2.24) is 10.2 Å². The van der Waals surface area contributed by atoms with Gasteiger partial charge in [-0.3, -0.25) is 0 Å². The van der Waals surface area contributed by atoms with Crippen molar-refractivity contribution in [2.24, 2.45) is 11.8 Å². The fourth-order valence-electron chi connectivity index (χ4n) is 2.94. The lowest BCUT2D eigenvalue weighted by molar-refractivity contribution is 0.248. The normalized spacial score (nSPS) is 26.2. The first-order chi connectivity index (χ1) is 8.52. The van der Waals surface area contributed by atoms with Crippen LogP contribution in [0.3, 0.4) is 0 Å². The average Bonchev–Trinajstić information content (AvgIpc) is 2.32. The number of nitrogens with one attached hydrogen (secondary N) is 1. The zero-order chi connectivity index (χ0) is 13.5. The van der Waals surface area contributed by atoms with Crippen LogP contribution in [0.5, 0.6) is 0 Å². The van der Waals surface area contributed by atoms with Gasteiger partial charge in [-0.05, 0) is 58.5 Å². The fourth-order valence-corrected chi connectivity index (χ4v) is 2.94. The molecule has 0 heterocycles. The van der Waals surface area contributed by atoms with E-state index in [1.807, 2.05) is 0 Å². The summed E-state index contributed by atoms with van der Waals surface area (Å²) in [6.07, 6.45) is 6.32. The Balaban J connectivity index is 2.13. The highest BCUT2D eigenvalue weighted by molar-refractivity contribution is 5.06. The Hall–Kier alpha value is -0.340. The van der Waals surface area contributed by atoms with Crippen LogP contribution < -0.4 is 5.32 Å². The minimum Gasteiger partial charge on any atom is -0.315 e. The molecular weight excluding hydrogens is 220 g/mol. The van der Waals surface area contributed by atoms with Crippen LogP contribution in [-0.4, -0.2) is 37.6 Å². The summed E-state index contributed by atoms with van der Waals surface area (Å²) >= 11 is 0. The standard InChI is InChI=1S/C16H32N2/c1-6-15(4)18(5)8-7-17-12-16-10-13(2)9-14(3)11-16/h9,13,15-17H,6-8,10-12H2,1-5H3. The molecule has 0 bridgehead atoms. The summed E-state index contributed by atoms with van der Waals surface area (Å²) in [7, 11) is 2.23. The van der Waals surface area contributed by atoms with Gasteiger partial charge < -0.3 is 10.2 Å². The molecule has 106 valence electrons. The van der Waals surface area contributed by atoms with E-state index in [2.05, 4.69) is 51.0 Å². The molecule has 0 saturated heterocycles. The molecule has 0 aromatic carbocycles. The third-order valence-corrected chi connectivity index (χ3v) is 4.30. The molecule has 1 aliphatic rings. The van der Waals surface area contributed by atoms with Gasteiger partial charge in [0, 0.05) is 19.1 Å². The lowest BCUT2D eigenvalue weighted by Crippen LogP contribution is -2.36. The molecule has 0 aliphatic heterocycles. The van der Waals surface area contributed by atoms with E-state index in [0.29, 0.717) is 6.04 Å². The van der Waals surface area contributed by atoms with Crippen molar-refractivity contribution in [2.75, 3.05) is 26.7 Å². The van der Waals surface area contributed by atoms with Crippen LogP contribution in [0.15, 0.2) is 11.6 Å². The molecule has 0 spiro atoms. The molecule has 1 aliphatic carbocycles. The molecule has 18 heavy (non-hydrogen) atoms. The zero-order valence-electron chi connectivity index (χ0n) is 13.0. The number of allylic oxidation sites excluding steroid dienone is 2. The summed E-state index contributed by atoms with van der Waals surface area (Å²) in [6.45, 7) is 12.6. The molecule has 2 heteroatoms. The summed E-state index contributed by atoms with van der Waals surface area (Å²) < 4.78 is 0. The largest absolute Gasteiger partial charge is 0.315 e. The number of nitrogens with zero attached hydrogens (tertiary/aromatic N) is 1. The molecule has 2 nitrogen and oxygen atoms in total. The summed E-state index contributed by atoms with van der Waals surface area (Å²) in [6, 6.07) is 0.701. The average molecular weight is 252 g/mol. The fraction of sp³-hybridized carbons (Fsp3) is 0.875. The van der Waals surface area contributed by atoms with Crippen LogP contribution in [0.1, 0.15) is 47.0 Å². The van der Waals surface area contributed by atoms with Gasteiger partial charge in [0.05, 0.1) is 0 Å². The highest BCUT2D eigenvalue weighted by Crippen LogP contribution is 2.27. The molecule has 0 radical (unpaired) electrons. The summed E-state index contributed by atoms with van der Waals surface area (Å²) in [4.78, 5) is 2.45. The summed E-state index contributed by atoms with van der Waals surface area (Å²) in [5.74, 6) is 1.62. The van der Waals surface area contributed by atoms with Gasteiger partial charge in [0.15, 0.2) is 0 Å². The predicted molar refractivity (Wildman–Crippen MR) is 80.9 cm³/mol. The third kappa shape index (κ3) is 5.53. The first kappa shape index (κ1) is 15.7. The number of hydrogen-bond donors (Lipinski definition) is 1. The smallest absolute Gasteiger partial charge is 0.0107 e. The van der Waals surface area contributed by atoms with Crippen LogP contribution in [0.25, 0.3) is 0 Å². The maximum atomic E-state index is 3.64. The summed E-state index contributed by atoms with van der Waals surface area (Å²) in [5.41, 5.74) is 1.58. The Kier molecular flexibility index (Phi) is 6.95. The van der Waals surface area contributed by atoms with Gasteiger partial charge in [-0.2, -0.15) is 0 Å². The highest BCUT2D eigenvalue weighted by Gasteiger charge is 2.17. The first-order valence-corrected chi connectivity index (χ1v) is 7.61. The lowest BCUT2D eigenvalue weighted by Gasteiger charge is -2.27. The maximum Gasteiger partial charge on any atom is 0.0107 e. The van der Waals surface area contributed by atoms with Crippen molar-refractivity contribution in [3.8, 4) is 0 Å². The van der Waals surface area contributed by atoms with E-state index in [4.69, 9.17) is 0 Å². The van der Waals surface area contributed by atoms with Gasteiger partial charge >= 0.3 is 0 Å². The molecule has 0 aromatic heterocycles. The van der Waals surface area contributed by atoms with Gasteiger partial charge in [-0.15, -0.1) is 0 Å². The first-order valence-electron chi connectivity index (χ1n) is 7.61. The van der Waals surface area contributed by atoms with Crippen molar-refractivity contribution in [3.05, 3.63) is 11.6 Å². The maximum absolute atomic E-state index is 3.64. The third-order valence-electron chi connectivity index (χ3n) is 4.30. The van der Waals surface area contributed by atoms with Gasteiger partial charge in [-0.25, -0.2) is 0 Å². The van der Waals surface area contributed by atoms with E-state index in [0.717, 1.165) is 24.9 Å². The summed E-state index contributed by atoms with van der Waals surface area (Å²) in [5, 5.41) is 3.64. The second-order valence-corrected chi connectivity index (χ2v) is 6.24. The van der Waals surface area contributed by atoms with E-state index >= 15 is 0 Å². The minimum atomic E-state index is 0.701. The quantitative estimate of drug-likeness (QED) is 0.552. The van der Waals surface area contributed by atoms with Gasteiger partial charge in [0.1, 0.15) is 0 Å². The Bertz CT molecular complexity index is 260. The number of hydrogen-bond acceptors (Lipinski definition) is 2. The Morgan fingerprint density at radius 1 is 1.50 bits per heavy atom. The molecule has 0 fully saturated rings. The van der Waals surface area contributed by atoms with Crippen molar-refractivity contribution >= 4 is 0 Å². The lowest BCUT2D eigenvalue weighted by atomic mass is 9.84. The zero-order valence-corrected chi connectivity index (χ0v) is 13.0. The van der Waals surface area contributed by atoms with Crippen molar-refractivity contribution in [2.45, 2.75) is 53.0 Å². The van der Waals surface area contributed by atoms with E-state index in [9.17, 15) is 0 Å². The molecule has 0 amide bonds. The second kappa shape index (κ2) is 7.96. The molecule has 3 atom stereocenters. The van der Waals surface area contributed by atoms with E-state index < -0.39 is 0 Å². The number of likely N-dealkylation sites (N-methyl/N-ethyl adjacent to an activating group) is 1. The Labute approximate surface area is 114 Å². The molecule has 1 N–H and O–H groups in total. The molecule has 1 rings (SSSR count).